The lowest BCUT2D eigenvalue weighted by atomic mass is 10.0. The number of hydrogen-bond donors (Lipinski definition) is 3. The fourth-order valence-corrected chi connectivity index (χ4v) is 1.64. The third-order valence-electron chi connectivity index (χ3n) is 2.38. The normalized spacial score (nSPS) is 12.9. The van der Waals surface area contributed by atoms with Crippen LogP contribution in [0.1, 0.15) is 11.6 Å². The molecule has 0 aliphatic heterocycles. The van der Waals surface area contributed by atoms with Gasteiger partial charge in [-0.15, -0.1) is 0 Å². The Kier molecular flexibility index (Phi) is 2.53. The molecule has 1 aromatic heterocycles. The summed E-state index contributed by atoms with van der Waals surface area (Å²) in [6.07, 6.45) is 0. The quantitative estimate of drug-likeness (QED) is 0.667. The van der Waals surface area contributed by atoms with Gasteiger partial charge in [0.25, 0.3) is 0 Å². The summed E-state index contributed by atoms with van der Waals surface area (Å²) >= 11 is 0. The Bertz CT molecular complexity index is 533. The fourth-order valence-electron chi connectivity index (χ4n) is 1.64. The Morgan fingerprint density at radius 2 is 2.13 bits per heavy atom. The minimum Gasteiger partial charge on any atom is -0.394 e. The first-order valence-electron chi connectivity index (χ1n) is 4.71. The van der Waals surface area contributed by atoms with Crippen molar-refractivity contribution in [3.63, 3.8) is 0 Å². The lowest BCUT2D eigenvalue weighted by Crippen LogP contribution is -2.18. The van der Waals surface area contributed by atoms with Gasteiger partial charge in [-0.05, 0) is 11.6 Å². The van der Waals surface area contributed by atoms with Crippen LogP contribution in [0.25, 0.3) is 10.9 Å². The third-order valence-corrected chi connectivity index (χ3v) is 2.38. The van der Waals surface area contributed by atoms with Crippen molar-refractivity contribution in [1.82, 2.24) is 4.98 Å². The topological polar surface area (TPSA) is 79.1 Å². The molecule has 4 nitrogen and oxygen atoms in total. The summed E-state index contributed by atoms with van der Waals surface area (Å²) in [6, 6.07) is 8.31. The highest BCUT2D eigenvalue weighted by Crippen LogP contribution is 2.19. The van der Waals surface area contributed by atoms with Gasteiger partial charge in [-0.25, -0.2) is 0 Å². The number of para-hydroxylation sites is 1. The minimum absolute atomic E-state index is 0.173. The highest BCUT2D eigenvalue weighted by atomic mass is 16.3. The second kappa shape index (κ2) is 3.84. The van der Waals surface area contributed by atoms with Crippen molar-refractivity contribution in [2.45, 2.75) is 6.04 Å². The zero-order chi connectivity index (χ0) is 10.8. The zero-order valence-corrected chi connectivity index (χ0v) is 8.10. The number of hydrogen-bond acceptors (Lipinski definition) is 3. The summed E-state index contributed by atoms with van der Waals surface area (Å²) in [5.41, 5.74) is 6.94. The van der Waals surface area contributed by atoms with Crippen LogP contribution >= 0.6 is 0 Å². The molecule has 1 atom stereocenters. The Balaban J connectivity index is 2.76. The number of pyridine rings is 1. The van der Waals surface area contributed by atoms with E-state index in [2.05, 4.69) is 4.98 Å². The number of rotatable bonds is 2. The first kappa shape index (κ1) is 9.89. The van der Waals surface area contributed by atoms with E-state index in [-0.39, 0.29) is 12.2 Å². The highest BCUT2D eigenvalue weighted by molar-refractivity contribution is 5.82. The van der Waals surface area contributed by atoms with Crippen molar-refractivity contribution >= 4 is 10.9 Å². The number of nitrogens with one attached hydrogen (secondary N) is 1. The van der Waals surface area contributed by atoms with Gasteiger partial charge in [0.05, 0.1) is 12.6 Å². The summed E-state index contributed by atoms with van der Waals surface area (Å²) in [7, 11) is 0. The van der Waals surface area contributed by atoms with E-state index in [4.69, 9.17) is 10.8 Å². The molecule has 4 N–H and O–H groups in total. The van der Waals surface area contributed by atoms with Crippen LogP contribution in [0.4, 0.5) is 0 Å². The zero-order valence-electron chi connectivity index (χ0n) is 8.10. The maximum atomic E-state index is 11.3. The van der Waals surface area contributed by atoms with E-state index < -0.39 is 6.04 Å². The van der Waals surface area contributed by atoms with Gasteiger partial charge in [-0.1, -0.05) is 18.2 Å². The van der Waals surface area contributed by atoms with Gasteiger partial charge in [0.2, 0.25) is 5.56 Å². The van der Waals surface area contributed by atoms with E-state index in [1.807, 2.05) is 24.3 Å². The molecule has 2 rings (SSSR count). The average Bonchev–Trinajstić information content (AvgIpc) is 2.26. The molecule has 0 spiro atoms. The van der Waals surface area contributed by atoms with Crippen molar-refractivity contribution < 1.29 is 5.11 Å². The van der Waals surface area contributed by atoms with Crippen LogP contribution in [-0.4, -0.2) is 16.7 Å². The second-order valence-electron chi connectivity index (χ2n) is 3.42. The van der Waals surface area contributed by atoms with E-state index in [1.165, 1.54) is 6.07 Å². The smallest absolute Gasteiger partial charge is 0.248 e. The molecule has 2 aromatic rings. The van der Waals surface area contributed by atoms with Gasteiger partial charge in [-0.2, -0.15) is 0 Å². The molecule has 0 saturated heterocycles. The molecule has 0 aliphatic rings. The summed E-state index contributed by atoms with van der Waals surface area (Å²) in [5.74, 6) is 0. The standard InChI is InChI=1S/C11H12N2O2/c12-9(6-14)8-5-11(15)13-10-4-2-1-3-7(8)10/h1-5,9,14H,6,12H2,(H,13,15)/t9-/m1/s1. The van der Waals surface area contributed by atoms with E-state index >= 15 is 0 Å². The number of aromatic nitrogens is 1. The van der Waals surface area contributed by atoms with Crippen LogP contribution in [-0.2, 0) is 0 Å². The molecule has 4 heteroatoms. The molecule has 0 fully saturated rings. The Morgan fingerprint density at radius 3 is 2.87 bits per heavy atom. The lowest BCUT2D eigenvalue weighted by Gasteiger charge is -2.11. The van der Waals surface area contributed by atoms with Crippen LogP contribution < -0.4 is 11.3 Å². The van der Waals surface area contributed by atoms with Gasteiger partial charge in [0.1, 0.15) is 0 Å². The van der Waals surface area contributed by atoms with Crippen molar-refractivity contribution in [3.05, 3.63) is 46.2 Å². The van der Waals surface area contributed by atoms with Gasteiger partial charge >= 0.3 is 0 Å². The van der Waals surface area contributed by atoms with Crippen LogP contribution in [0.2, 0.25) is 0 Å². The van der Waals surface area contributed by atoms with E-state index in [1.54, 1.807) is 0 Å². The lowest BCUT2D eigenvalue weighted by molar-refractivity contribution is 0.268. The van der Waals surface area contributed by atoms with Crippen molar-refractivity contribution in [3.8, 4) is 0 Å². The van der Waals surface area contributed by atoms with Crippen LogP contribution in [0.15, 0.2) is 35.1 Å². The Hall–Kier alpha value is -1.65. The SMILES string of the molecule is N[C@H](CO)c1cc(=O)[nH]c2ccccc12. The molecule has 0 bridgehead atoms. The summed E-state index contributed by atoms with van der Waals surface area (Å²) in [5, 5.41) is 9.88. The second-order valence-corrected chi connectivity index (χ2v) is 3.42. The molecule has 0 saturated carbocycles. The molecule has 15 heavy (non-hydrogen) atoms. The van der Waals surface area contributed by atoms with Crippen LogP contribution in [0, 0.1) is 0 Å². The third kappa shape index (κ3) is 1.77. The van der Waals surface area contributed by atoms with Crippen molar-refractivity contribution in [2.24, 2.45) is 5.73 Å². The van der Waals surface area contributed by atoms with Gasteiger partial charge in [0, 0.05) is 17.0 Å². The number of nitrogens with two attached hydrogens (primary N) is 1. The number of H-pyrrole nitrogens is 1. The number of aromatic amines is 1. The molecule has 78 valence electrons. The highest BCUT2D eigenvalue weighted by Gasteiger charge is 2.09. The fraction of sp³-hybridized carbons (Fsp3) is 0.182. The number of fused-ring (bicyclic) bond motifs is 1. The molecule has 0 unspecified atom stereocenters. The molecule has 1 aromatic carbocycles. The minimum atomic E-state index is -0.516. The maximum Gasteiger partial charge on any atom is 0.248 e. The Labute approximate surface area is 86.4 Å². The van der Waals surface area contributed by atoms with Gasteiger partial charge < -0.3 is 15.8 Å². The Morgan fingerprint density at radius 1 is 1.40 bits per heavy atom. The molecular weight excluding hydrogens is 192 g/mol. The first-order chi connectivity index (χ1) is 7.22. The van der Waals surface area contributed by atoms with Gasteiger partial charge in [0.15, 0.2) is 0 Å². The van der Waals surface area contributed by atoms with E-state index in [9.17, 15) is 4.79 Å². The molecular formula is C11H12N2O2. The van der Waals surface area contributed by atoms with Crippen molar-refractivity contribution in [2.75, 3.05) is 6.61 Å². The van der Waals surface area contributed by atoms with Gasteiger partial charge in [-0.3, -0.25) is 4.79 Å². The van der Waals surface area contributed by atoms with E-state index in [0.717, 1.165) is 10.9 Å². The molecule has 1 heterocycles. The summed E-state index contributed by atoms with van der Waals surface area (Å²) in [4.78, 5) is 14.0. The van der Waals surface area contributed by atoms with Crippen LogP contribution in [0.5, 0.6) is 0 Å². The predicted molar refractivity (Wildman–Crippen MR) is 58.6 cm³/mol. The average molecular weight is 204 g/mol. The maximum absolute atomic E-state index is 11.3. The summed E-state index contributed by atoms with van der Waals surface area (Å²) < 4.78 is 0. The largest absolute Gasteiger partial charge is 0.394 e. The predicted octanol–water partition coefficient (Wildman–Crippen LogP) is 0.520. The van der Waals surface area contributed by atoms with Crippen molar-refractivity contribution in [1.29, 1.82) is 0 Å². The van der Waals surface area contributed by atoms with E-state index in [0.29, 0.717) is 5.56 Å². The molecule has 0 radical (unpaired) electrons. The van der Waals surface area contributed by atoms with Crippen LogP contribution in [0.3, 0.4) is 0 Å². The number of benzene rings is 1. The summed E-state index contributed by atoms with van der Waals surface area (Å²) in [6.45, 7) is -0.173. The first-order valence-corrected chi connectivity index (χ1v) is 4.71. The number of aliphatic hydroxyl groups excluding tert-OH is 1. The molecule has 0 aliphatic carbocycles. The number of aliphatic hydroxyl groups is 1. The monoisotopic (exact) mass is 204 g/mol. The molecule has 0 amide bonds.